The Bertz CT molecular complexity index is 1450. The molecule has 2 aliphatic heterocycles. The Labute approximate surface area is 221 Å². The number of phenolic OH excluding ortho intramolecular Hbond substituents is 1. The van der Waals surface area contributed by atoms with Gasteiger partial charge < -0.3 is 25.0 Å². The summed E-state index contributed by atoms with van der Waals surface area (Å²) in [5.74, 6) is 0.345. The van der Waals surface area contributed by atoms with Crippen molar-refractivity contribution in [3.05, 3.63) is 59.5 Å². The molecule has 1 saturated heterocycles. The number of rotatable bonds is 7. The van der Waals surface area contributed by atoms with Crippen LogP contribution in [0.1, 0.15) is 40.5 Å². The van der Waals surface area contributed by atoms with Gasteiger partial charge in [-0.3, -0.25) is 4.79 Å². The number of phenols is 1. The van der Waals surface area contributed by atoms with Gasteiger partial charge in [-0.25, -0.2) is 22.7 Å². The van der Waals surface area contributed by atoms with Crippen molar-refractivity contribution in [3.8, 4) is 17.0 Å². The van der Waals surface area contributed by atoms with Gasteiger partial charge >= 0.3 is 0 Å². The third kappa shape index (κ3) is 5.24. The van der Waals surface area contributed by atoms with E-state index in [1.54, 1.807) is 35.4 Å². The molecule has 1 atom stereocenters. The molecule has 11 nitrogen and oxygen atoms in total. The lowest BCUT2D eigenvalue weighted by Crippen LogP contribution is -2.43. The number of aromatic nitrogens is 3. The largest absolute Gasteiger partial charge is 0.508 e. The molecule has 12 heteroatoms. The van der Waals surface area contributed by atoms with Crippen molar-refractivity contribution in [2.45, 2.75) is 38.4 Å². The summed E-state index contributed by atoms with van der Waals surface area (Å²) in [6.07, 6.45) is 6.21. The maximum Gasteiger partial charge on any atom is 0.271 e. The van der Waals surface area contributed by atoms with Crippen LogP contribution in [-0.2, 0) is 16.6 Å². The van der Waals surface area contributed by atoms with Gasteiger partial charge in [0.15, 0.2) is 0 Å². The molecular weight excluding hydrogens is 508 g/mol. The fraction of sp³-hybridized carbons (Fsp3) is 0.423. The van der Waals surface area contributed by atoms with Gasteiger partial charge in [0.25, 0.3) is 5.91 Å². The summed E-state index contributed by atoms with van der Waals surface area (Å²) in [6.45, 7) is 3.55. The Morgan fingerprint density at radius 1 is 1.16 bits per heavy atom. The van der Waals surface area contributed by atoms with Crippen LogP contribution in [0.15, 0.2) is 42.7 Å². The molecule has 38 heavy (non-hydrogen) atoms. The maximum atomic E-state index is 13.5. The number of aromatic hydroxyl groups is 1. The van der Waals surface area contributed by atoms with E-state index in [9.17, 15) is 23.4 Å². The number of anilines is 1. The second-order valence-electron chi connectivity index (χ2n) is 9.91. The minimum absolute atomic E-state index is 0.0637. The van der Waals surface area contributed by atoms with Crippen molar-refractivity contribution in [2.75, 3.05) is 37.8 Å². The zero-order chi connectivity index (χ0) is 27.0. The van der Waals surface area contributed by atoms with E-state index in [0.717, 1.165) is 11.1 Å². The topological polar surface area (TPSA) is 141 Å². The third-order valence-electron chi connectivity index (χ3n) is 7.26. The van der Waals surface area contributed by atoms with Crippen molar-refractivity contribution < 1.29 is 23.4 Å². The Morgan fingerprint density at radius 3 is 2.61 bits per heavy atom. The van der Waals surface area contributed by atoms with Gasteiger partial charge in [-0.05, 0) is 49.1 Å². The van der Waals surface area contributed by atoms with Crippen LogP contribution >= 0.6 is 0 Å². The van der Waals surface area contributed by atoms with E-state index in [0.29, 0.717) is 61.9 Å². The summed E-state index contributed by atoms with van der Waals surface area (Å²) in [4.78, 5) is 24.3. The summed E-state index contributed by atoms with van der Waals surface area (Å²) in [7, 11) is -3.19. The first-order valence-electron chi connectivity index (χ1n) is 12.6. The quantitative estimate of drug-likeness (QED) is 0.413. The number of benzene rings is 1. The lowest BCUT2D eigenvalue weighted by atomic mass is 10.0. The molecule has 1 fully saturated rings. The highest BCUT2D eigenvalue weighted by atomic mass is 32.2. The Kier molecular flexibility index (Phi) is 7.12. The molecule has 3 aromatic rings. The van der Waals surface area contributed by atoms with Gasteiger partial charge in [0.2, 0.25) is 16.0 Å². The van der Waals surface area contributed by atoms with Crippen LogP contribution in [0.25, 0.3) is 11.3 Å². The Balaban J connectivity index is 1.35. The monoisotopic (exact) mass is 540 g/mol. The number of nitrogens with one attached hydrogen (secondary N) is 1. The van der Waals surface area contributed by atoms with E-state index in [2.05, 4.69) is 10.3 Å². The number of fused-ring (bicyclic) bond motifs is 1. The molecule has 0 aliphatic carbocycles. The molecule has 1 aromatic carbocycles. The first-order valence-corrected chi connectivity index (χ1v) is 14.5. The van der Waals surface area contributed by atoms with Crippen molar-refractivity contribution in [1.82, 2.24) is 23.7 Å². The van der Waals surface area contributed by atoms with Crippen LogP contribution in [0.5, 0.6) is 5.75 Å². The van der Waals surface area contributed by atoms with Crippen LogP contribution in [0.3, 0.4) is 0 Å². The van der Waals surface area contributed by atoms with Gasteiger partial charge in [-0.2, -0.15) is 0 Å². The standard InChI is InChI=1S/C26H32N6O5S/c1-17-14-27-26(28-20-6-8-31(9-7-20)38(2,36)37)29-24(17)19-13-22-25(35)32(11-10-30(22)15-19)23(16-33)18-4-3-5-21(34)12-18/h3-5,12-15,20,23,33-34H,6-11,16H2,1-2H3,(H,27,28,29). The molecule has 4 heterocycles. The number of piperidine rings is 1. The fourth-order valence-electron chi connectivity index (χ4n) is 5.20. The van der Waals surface area contributed by atoms with Crippen molar-refractivity contribution in [1.29, 1.82) is 0 Å². The predicted octanol–water partition coefficient (Wildman–Crippen LogP) is 1.98. The molecule has 0 spiro atoms. The summed E-state index contributed by atoms with van der Waals surface area (Å²) in [5, 5.41) is 23.3. The number of hydrogen-bond acceptors (Lipinski definition) is 8. The summed E-state index contributed by atoms with van der Waals surface area (Å²) < 4.78 is 27.0. The van der Waals surface area contributed by atoms with Crippen molar-refractivity contribution >= 4 is 21.9 Å². The second-order valence-corrected chi connectivity index (χ2v) is 11.9. The summed E-state index contributed by atoms with van der Waals surface area (Å²) >= 11 is 0. The molecule has 3 N–H and O–H groups in total. The van der Waals surface area contributed by atoms with Crippen molar-refractivity contribution in [2.24, 2.45) is 0 Å². The molecule has 5 rings (SSSR count). The molecule has 1 unspecified atom stereocenters. The highest BCUT2D eigenvalue weighted by Gasteiger charge is 2.32. The predicted molar refractivity (Wildman–Crippen MR) is 142 cm³/mol. The molecule has 2 aliphatic rings. The van der Waals surface area contributed by atoms with Crippen LogP contribution in [0.2, 0.25) is 0 Å². The van der Waals surface area contributed by atoms with Gasteiger partial charge in [-0.1, -0.05) is 12.1 Å². The number of sulfonamides is 1. The lowest BCUT2D eigenvalue weighted by Gasteiger charge is -2.34. The van der Waals surface area contributed by atoms with Gasteiger partial charge in [0.05, 0.1) is 24.6 Å². The first-order chi connectivity index (χ1) is 18.1. The number of nitrogens with zero attached hydrogens (tertiary/aromatic N) is 5. The SMILES string of the molecule is Cc1cnc(NC2CCN(S(C)(=O)=O)CC2)nc1-c1cc2n(c1)CCN(C(CO)c1cccc(O)c1)C2=O. The lowest BCUT2D eigenvalue weighted by molar-refractivity contribution is 0.0525. The third-order valence-corrected chi connectivity index (χ3v) is 8.57. The van der Waals surface area contributed by atoms with E-state index >= 15 is 0 Å². The van der Waals surface area contributed by atoms with E-state index in [1.807, 2.05) is 23.8 Å². The number of carbonyl (C=O) groups excluding carboxylic acids is 1. The van der Waals surface area contributed by atoms with Crippen LogP contribution in [0.4, 0.5) is 5.95 Å². The normalized spacial score (nSPS) is 17.9. The number of aliphatic hydroxyl groups excluding tert-OH is 1. The zero-order valence-corrected chi connectivity index (χ0v) is 22.2. The number of amides is 1. The molecule has 0 saturated carbocycles. The number of aryl methyl sites for hydroxylation is 1. The van der Waals surface area contributed by atoms with Crippen LogP contribution in [-0.4, -0.2) is 86.8 Å². The van der Waals surface area contributed by atoms with Crippen molar-refractivity contribution in [3.63, 3.8) is 0 Å². The van der Waals surface area contributed by atoms with E-state index in [4.69, 9.17) is 4.98 Å². The number of carbonyl (C=O) groups is 1. The van der Waals surface area contributed by atoms with Gasteiger partial charge in [0, 0.05) is 50.2 Å². The van der Waals surface area contributed by atoms with Crippen LogP contribution < -0.4 is 5.32 Å². The van der Waals surface area contributed by atoms with Gasteiger partial charge in [-0.15, -0.1) is 0 Å². The highest BCUT2D eigenvalue weighted by Crippen LogP contribution is 2.31. The van der Waals surface area contributed by atoms with E-state index in [1.165, 1.54) is 10.6 Å². The Morgan fingerprint density at radius 2 is 1.92 bits per heavy atom. The first kappa shape index (κ1) is 26.1. The molecule has 2 aromatic heterocycles. The molecule has 1 amide bonds. The van der Waals surface area contributed by atoms with E-state index in [-0.39, 0.29) is 24.3 Å². The number of aliphatic hydroxyl groups is 1. The average molecular weight is 541 g/mol. The Hall–Kier alpha value is -3.48. The minimum atomic E-state index is -3.19. The molecule has 0 radical (unpaired) electrons. The van der Waals surface area contributed by atoms with Gasteiger partial charge in [0.1, 0.15) is 11.4 Å². The minimum Gasteiger partial charge on any atom is -0.508 e. The smallest absolute Gasteiger partial charge is 0.271 e. The maximum absolute atomic E-state index is 13.5. The summed E-state index contributed by atoms with van der Waals surface area (Å²) in [5.41, 5.74) is 3.55. The second kappa shape index (κ2) is 10.4. The van der Waals surface area contributed by atoms with E-state index < -0.39 is 16.1 Å². The average Bonchev–Trinajstić information content (AvgIpc) is 3.32. The highest BCUT2D eigenvalue weighted by molar-refractivity contribution is 7.88. The number of hydrogen-bond donors (Lipinski definition) is 3. The zero-order valence-electron chi connectivity index (χ0n) is 21.4. The molecule has 202 valence electrons. The summed E-state index contributed by atoms with van der Waals surface area (Å²) in [6, 6.07) is 7.92. The molecule has 0 bridgehead atoms. The molecular formula is C26H32N6O5S. The van der Waals surface area contributed by atoms with Crippen LogP contribution in [0, 0.1) is 6.92 Å². The fourth-order valence-corrected chi connectivity index (χ4v) is 6.07.